The van der Waals surface area contributed by atoms with Crippen LogP contribution in [0.1, 0.15) is 86.8 Å². The number of hydrogen-bond donors (Lipinski definition) is 2. The molecular formula is C50H63N4O11P. The van der Waals surface area contributed by atoms with Gasteiger partial charge < -0.3 is 38.2 Å². The van der Waals surface area contributed by atoms with Gasteiger partial charge in [0.25, 0.3) is 20.0 Å². The van der Waals surface area contributed by atoms with Crippen LogP contribution in [0.4, 0.5) is 0 Å². The first-order chi connectivity index (χ1) is 31.5. The lowest BCUT2D eigenvalue weighted by Gasteiger charge is -2.41. The van der Waals surface area contributed by atoms with Gasteiger partial charge in [-0.25, -0.2) is 9.46 Å². The van der Waals surface area contributed by atoms with Crippen molar-refractivity contribution in [3.8, 4) is 17.2 Å². The number of aryl methyl sites for hydroxylation is 1. The first-order valence-electron chi connectivity index (χ1n) is 22.1. The summed E-state index contributed by atoms with van der Waals surface area (Å²) < 4.78 is 47.1. The summed E-state index contributed by atoms with van der Waals surface area (Å²) in [6, 6.07) is 31.4. The molecule has 1 amide bonds. The van der Waals surface area contributed by atoms with Crippen molar-refractivity contribution in [2.75, 3.05) is 41.1 Å². The summed E-state index contributed by atoms with van der Waals surface area (Å²) >= 11 is 0. The van der Waals surface area contributed by atoms with Crippen LogP contribution in [-0.4, -0.2) is 101 Å². The van der Waals surface area contributed by atoms with Gasteiger partial charge in [-0.1, -0.05) is 54.6 Å². The Bertz CT molecular complexity index is 2410. The second kappa shape index (κ2) is 21.9. The number of aromatic nitrogens is 2. The number of nitrogens with zero attached hydrogens (tertiary/aromatic N) is 3. The summed E-state index contributed by atoms with van der Waals surface area (Å²) in [6.07, 6.45) is -1.16. The van der Waals surface area contributed by atoms with E-state index in [1.54, 1.807) is 57.4 Å². The second-order valence-electron chi connectivity index (χ2n) is 17.0. The maximum absolute atomic E-state index is 13.8. The molecular weight excluding hydrogens is 864 g/mol. The van der Waals surface area contributed by atoms with Crippen LogP contribution in [0.5, 0.6) is 17.2 Å². The maximum atomic E-state index is 13.8. The molecule has 0 aliphatic carbocycles. The summed E-state index contributed by atoms with van der Waals surface area (Å²) in [5.41, 5.74) is 0.519. The van der Waals surface area contributed by atoms with Crippen molar-refractivity contribution in [2.24, 2.45) is 0 Å². The van der Waals surface area contributed by atoms with Crippen molar-refractivity contribution in [2.45, 2.75) is 96.7 Å². The second-order valence-corrected chi connectivity index (χ2v) is 18.4. The Hall–Kier alpha value is -5.38. The molecule has 5 aromatic rings. The van der Waals surface area contributed by atoms with Crippen LogP contribution in [-0.2, 0) is 24.1 Å². The van der Waals surface area contributed by atoms with Crippen LogP contribution in [0.25, 0.3) is 0 Å². The number of methoxy groups -OCH3 is 3. The van der Waals surface area contributed by atoms with E-state index in [0.29, 0.717) is 22.8 Å². The Kier molecular flexibility index (Phi) is 16.6. The average Bonchev–Trinajstić information content (AvgIpc) is 3.64. The molecule has 0 spiro atoms. The standard InChI is InChI=1S/C50H63N4O11P/c1-33(2)52(47(56)37-16-22-41(59-8)23-17-37)28-29-63-66(54(34(3)4)35(5)6)65-49(58)30-45(53-31-36(7)46(55)51-48(53)57)64-44(49)32-62-50(38-14-12-11-13-15-38,39-18-24-42(60-9)25-19-39)40-20-26-43(61-10)27-21-40/h11-27,31,33-35,44-45,58H,28-30,32H2,1-10H3,(H,51,55,57)/t44-,45-,49-,66?/m1/s1. The van der Waals surface area contributed by atoms with E-state index in [1.165, 1.54) is 10.8 Å². The minimum absolute atomic E-state index is 0.0634. The molecule has 4 aromatic carbocycles. The van der Waals surface area contributed by atoms with E-state index in [1.807, 2.05) is 125 Å². The Balaban J connectivity index is 1.41. The van der Waals surface area contributed by atoms with Gasteiger partial charge in [0, 0.05) is 42.0 Å². The summed E-state index contributed by atoms with van der Waals surface area (Å²) in [7, 11) is 2.69. The predicted octanol–water partition coefficient (Wildman–Crippen LogP) is 7.79. The Morgan fingerprint density at radius 3 is 1.82 bits per heavy atom. The molecule has 0 radical (unpaired) electrons. The zero-order valence-corrected chi connectivity index (χ0v) is 40.3. The molecule has 354 valence electrons. The van der Waals surface area contributed by atoms with Crippen LogP contribution >= 0.6 is 8.53 Å². The molecule has 4 atom stereocenters. The maximum Gasteiger partial charge on any atom is 0.330 e. The lowest BCUT2D eigenvalue weighted by molar-refractivity contribution is -0.201. The van der Waals surface area contributed by atoms with Crippen LogP contribution in [0.3, 0.4) is 0 Å². The Labute approximate surface area is 388 Å². The van der Waals surface area contributed by atoms with E-state index in [9.17, 15) is 19.5 Å². The third kappa shape index (κ3) is 11.1. The smallest absolute Gasteiger partial charge is 0.330 e. The quantitative estimate of drug-likeness (QED) is 0.0418. The number of aromatic amines is 1. The molecule has 66 heavy (non-hydrogen) atoms. The zero-order chi connectivity index (χ0) is 47.8. The summed E-state index contributed by atoms with van der Waals surface area (Å²) in [6.45, 7) is 13.5. The lowest BCUT2D eigenvalue weighted by atomic mass is 9.80. The van der Waals surface area contributed by atoms with E-state index in [4.69, 9.17) is 32.7 Å². The Morgan fingerprint density at radius 1 is 0.803 bits per heavy atom. The minimum Gasteiger partial charge on any atom is -0.497 e. The fourth-order valence-electron chi connectivity index (χ4n) is 8.19. The summed E-state index contributed by atoms with van der Waals surface area (Å²) in [5, 5.41) is 13.1. The van der Waals surface area contributed by atoms with Crippen LogP contribution in [0, 0.1) is 6.92 Å². The molecule has 15 nitrogen and oxygen atoms in total. The SMILES string of the molecule is COc1ccc(C(=O)N(CCOP(O[C@]2(O)C[C@H](n3cc(C)c(=O)[nH]c3=O)O[C@@H]2COC(c2ccccc2)(c2ccc(OC)cc2)c2ccc(OC)cc2)N(C(C)C)C(C)C)C(C)C)cc1. The molecule has 1 aromatic heterocycles. The largest absolute Gasteiger partial charge is 0.497 e. The van der Waals surface area contributed by atoms with E-state index >= 15 is 0 Å². The molecule has 2 heterocycles. The number of benzene rings is 4. The van der Waals surface area contributed by atoms with Crippen molar-refractivity contribution in [1.29, 1.82) is 0 Å². The van der Waals surface area contributed by atoms with Gasteiger partial charge in [-0.3, -0.25) is 23.7 Å². The average molecular weight is 927 g/mol. The van der Waals surface area contributed by atoms with Crippen molar-refractivity contribution >= 4 is 14.4 Å². The fraction of sp³-hybridized carbons (Fsp3) is 0.420. The molecule has 0 bridgehead atoms. The van der Waals surface area contributed by atoms with Gasteiger partial charge >= 0.3 is 5.69 Å². The molecule has 16 heteroatoms. The van der Waals surface area contributed by atoms with Gasteiger partial charge in [0.1, 0.15) is 35.2 Å². The van der Waals surface area contributed by atoms with Crippen molar-refractivity contribution < 1.29 is 42.6 Å². The van der Waals surface area contributed by atoms with Gasteiger partial charge in [0.05, 0.1) is 41.0 Å². The molecule has 1 aliphatic heterocycles. The highest BCUT2D eigenvalue weighted by atomic mass is 31.2. The number of ether oxygens (including phenoxy) is 5. The number of carbonyl (C=O) groups is 1. The third-order valence-corrected chi connectivity index (χ3v) is 13.8. The number of hydrogen-bond acceptors (Lipinski definition) is 12. The third-order valence-electron chi connectivity index (χ3n) is 11.6. The normalized spacial score (nSPS) is 18.0. The van der Waals surface area contributed by atoms with Gasteiger partial charge in [-0.05, 0) is 114 Å². The topological polar surface area (TPSA) is 163 Å². The van der Waals surface area contributed by atoms with E-state index in [2.05, 4.69) is 4.98 Å². The lowest BCUT2D eigenvalue weighted by Crippen LogP contribution is -2.47. The first kappa shape index (κ1) is 50.0. The van der Waals surface area contributed by atoms with Crippen molar-refractivity contribution in [3.05, 3.63) is 158 Å². The van der Waals surface area contributed by atoms with E-state index in [0.717, 1.165) is 16.7 Å². The van der Waals surface area contributed by atoms with Crippen LogP contribution in [0.15, 0.2) is 119 Å². The number of H-pyrrole nitrogens is 1. The number of rotatable bonds is 21. The number of amides is 1. The molecule has 1 saturated heterocycles. The molecule has 0 saturated carbocycles. The van der Waals surface area contributed by atoms with Gasteiger partial charge in [-0.2, -0.15) is 0 Å². The highest BCUT2D eigenvalue weighted by Crippen LogP contribution is 2.54. The van der Waals surface area contributed by atoms with E-state index < -0.39 is 43.5 Å². The monoisotopic (exact) mass is 926 g/mol. The fourth-order valence-corrected chi connectivity index (χ4v) is 9.92. The first-order valence-corrected chi connectivity index (χ1v) is 23.2. The molecule has 6 rings (SSSR count). The molecule has 1 aliphatic rings. The summed E-state index contributed by atoms with van der Waals surface area (Å²) in [5.74, 6) is -0.371. The number of nitrogens with one attached hydrogen (secondary N) is 1. The highest BCUT2D eigenvalue weighted by molar-refractivity contribution is 7.44. The van der Waals surface area contributed by atoms with Gasteiger partial charge in [0.2, 0.25) is 5.79 Å². The van der Waals surface area contributed by atoms with E-state index in [-0.39, 0.29) is 55.8 Å². The number of carbonyl (C=O) groups excluding carboxylic acids is 1. The van der Waals surface area contributed by atoms with Crippen LogP contribution in [0.2, 0.25) is 0 Å². The molecule has 2 N–H and O–H groups in total. The molecule has 1 fully saturated rings. The number of aliphatic hydroxyl groups is 1. The predicted molar refractivity (Wildman–Crippen MR) is 253 cm³/mol. The summed E-state index contributed by atoms with van der Waals surface area (Å²) in [4.78, 5) is 43.8. The van der Waals surface area contributed by atoms with Crippen LogP contribution < -0.4 is 25.5 Å². The molecule has 1 unspecified atom stereocenters. The minimum atomic E-state index is -2.14. The van der Waals surface area contributed by atoms with Gasteiger partial charge in [-0.15, -0.1) is 0 Å². The zero-order valence-electron chi connectivity index (χ0n) is 39.4. The highest BCUT2D eigenvalue weighted by Gasteiger charge is 2.54. The Morgan fingerprint density at radius 2 is 1.32 bits per heavy atom. The van der Waals surface area contributed by atoms with Crippen molar-refractivity contribution in [3.63, 3.8) is 0 Å². The van der Waals surface area contributed by atoms with Crippen molar-refractivity contribution in [1.82, 2.24) is 19.1 Å². The van der Waals surface area contributed by atoms with Gasteiger partial charge in [0.15, 0.2) is 0 Å².